The minimum Gasteiger partial charge on any atom is -0.368 e. The van der Waals surface area contributed by atoms with E-state index < -0.39 is 0 Å². The van der Waals surface area contributed by atoms with Gasteiger partial charge < -0.3 is 19.7 Å². The van der Waals surface area contributed by atoms with Crippen LogP contribution in [0, 0.1) is 0 Å². The number of nitrogens with zero attached hydrogens (tertiary/aromatic N) is 4. The average Bonchev–Trinajstić information content (AvgIpc) is 3.16. The van der Waals surface area contributed by atoms with Crippen molar-refractivity contribution >= 4 is 23.2 Å². The minimum atomic E-state index is -0.173. The summed E-state index contributed by atoms with van der Waals surface area (Å²) in [6.45, 7) is 6.63. The van der Waals surface area contributed by atoms with Crippen LogP contribution in [0.15, 0.2) is 54.4 Å². The van der Waals surface area contributed by atoms with Crippen LogP contribution in [-0.4, -0.2) is 51.9 Å². The van der Waals surface area contributed by atoms with Crippen LogP contribution in [0.3, 0.4) is 0 Å². The summed E-state index contributed by atoms with van der Waals surface area (Å²) in [5, 5.41) is 3.40. The Morgan fingerprint density at radius 3 is 2.59 bits per heavy atom. The van der Waals surface area contributed by atoms with Gasteiger partial charge in [-0.05, 0) is 65.5 Å². The first-order valence-corrected chi connectivity index (χ1v) is 11.6. The monoisotopic (exact) mass is 455 g/mol. The summed E-state index contributed by atoms with van der Waals surface area (Å²) in [5.74, 6) is 0.759. The van der Waals surface area contributed by atoms with Crippen molar-refractivity contribution in [1.29, 1.82) is 0 Å². The highest BCUT2D eigenvalue weighted by atomic mass is 35.5. The maximum atomic E-state index is 12.6. The van der Waals surface area contributed by atoms with Gasteiger partial charge in [0.15, 0.2) is 0 Å². The second-order valence-electron chi connectivity index (χ2n) is 8.49. The zero-order valence-corrected chi connectivity index (χ0v) is 20.3. The second-order valence-corrected chi connectivity index (χ2v) is 8.89. The number of hydrogen-bond donors (Lipinski definition) is 1. The van der Waals surface area contributed by atoms with Crippen LogP contribution in [-0.2, 0) is 13.1 Å². The normalized spacial score (nSPS) is 16.2. The molecule has 7 heteroatoms. The SMILES string of the molecule is C/C=C/C(C)N(C)C.O=C(Nc1ccccc1Cl)c1cnc2n1CCN(C=C1CCC1)C2. The molecule has 0 bridgehead atoms. The molecular weight excluding hydrogens is 422 g/mol. The maximum Gasteiger partial charge on any atom is 0.273 e. The second kappa shape index (κ2) is 11.3. The Balaban J connectivity index is 0.000000312. The number of amides is 1. The van der Waals surface area contributed by atoms with Gasteiger partial charge in [0.05, 0.1) is 23.5 Å². The maximum absolute atomic E-state index is 12.6. The van der Waals surface area contributed by atoms with E-state index in [9.17, 15) is 4.79 Å². The number of likely N-dealkylation sites (N-methyl/N-ethyl adjacent to an activating group) is 1. The van der Waals surface area contributed by atoms with Crippen molar-refractivity contribution in [3.63, 3.8) is 0 Å². The van der Waals surface area contributed by atoms with E-state index in [1.807, 2.05) is 23.6 Å². The van der Waals surface area contributed by atoms with Gasteiger partial charge in [-0.2, -0.15) is 0 Å². The highest BCUT2D eigenvalue weighted by molar-refractivity contribution is 6.33. The van der Waals surface area contributed by atoms with Crippen molar-refractivity contribution < 1.29 is 4.79 Å². The Morgan fingerprint density at radius 1 is 1.25 bits per heavy atom. The molecule has 1 aliphatic carbocycles. The molecule has 1 atom stereocenters. The van der Waals surface area contributed by atoms with E-state index in [4.69, 9.17) is 11.6 Å². The molecule has 2 heterocycles. The molecule has 6 nitrogen and oxygen atoms in total. The van der Waals surface area contributed by atoms with Crippen molar-refractivity contribution in [3.05, 3.63) is 70.9 Å². The number of anilines is 1. The van der Waals surface area contributed by atoms with Crippen LogP contribution < -0.4 is 5.32 Å². The van der Waals surface area contributed by atoms with Crippen molar-refractivity contribution in [3.8, 4) is 0 Å². The number of aromatic nitrogens is 2. The summed E-state index contributed by atoms with van der Waals surface area (Å²) in [6, 6.07) is 7.80. The number of imidazole rings is 1. The highest BCUT2D eigenvalue weighted by Gasteiger charge is 2.23. The number of allylic oxidation sites excluding steroid dienone is 2. The molecule has 4 rings (SSSR count). The fourth-order valence-corrected chi connectivity index (χ4v) is 3.72. The molecule has 1 aromatic carbocycles. The highest BCUT2D eigenvalue weighted by Crippen LogP contribution is 2.27. The Hall–Kier alpha value is -2.57. The molecule has 1 unspecified atom stereocenters. The molecule has 0 saturated heterocycles. The Bertz CT molecular complexity index is 972. The first-order valence-electron chi connectivity index (χ1n) is 11.2. The summed E-state index contributed by atoms with van der Waals surface area (Å²) in [4.78, 5) is 21.5. The number of carbonyl (C=O) groups excluding carboxylic acids is 1. The van der Waals surface area contributed by atoms with Crippen LogP contribution in [0.1, 0.15) is 49.4 Å². The number of carbonyl (C=O) groups is 1. The molecule has 2 aromatic rings. The summed E-state index contributed by atoms with van der Waals surface area (Å²) >= 11 is 6.11. The minimum absolute atomic E-state index is 0.173. The van der Waals surface area contributed by atoms with Gasteiger partial charge >= 0.3 is 0 Å². The number of hydrogen-bond acceptors (Lipinski definition) is 4. The topological polar surface area (TPSA) is 53.4 Å². The lowest BCUT2D eigenvalue weighted by molar-refractivity contribution is 0.101. The standard InChI is InChI=1S/C18H19ClN4O.C7H15N/c19-14-6-1-2-7-15(14)21-18(24)16-10-20-17-12-22(8-9-23(16)17)11-13-4-3-5-13;1-5-6-7(2)8(3)4/h1-2,6-7,10-11H,3-5,8-9,12H2,(H,21,24);5-7H,1-4H3/b;6-5+. The zero-order valence-electron chi connectivity index (χ0n) is 19.5. The molecule has 1 N–H and O–H groups in total. The molecule has 2 aliphatic rings. The van der Waals surface area contributed by atoms with E-state index in [1.54, 1.807) is 18.3 Å². The van der Waals surface area contributed by atoms with Crippen LogP contribution in [0.2, 0.25) is 5.02 Å². The van der Waals surface area contributed by atoms with Crippen LogP contribution >= 0.6 is 11.6 Å². The predicted octanol–water partition coefficient (Wildman–Crippen LogP) is 5.18. The van der Waals surface area contributed by atoms with E-state index in [0.29, 0.717) is 22.4 Å². The zero-order chi connectivity index (χ0) is 23.1. The third-order valence-corrected chi connectivity index (χ3v) is 6.22. The predicted molar refractivity (Wildman–Crippen MR) is 132 cm³/mol. The summed E-state index contributed by atoms with van der Waals surface area (Å²) in [5.41, 5.74) is 2.72. The molecule has 172 valence electrons. The van der Waals surface area contributed by atoms with Gasteiger partial charge in [-0.25, -0.2) is 4.98 Å². The fourth-order valence-electron chi connectivity index (χ4n) is 3.54. The first kappa shape index (κ1) is 24.1. The number of fused-ring (bicyclic) bond motifs is 1. The van der Waals surface area contributed by atoms with Gasteiger partial charge in [0.1, 0.15) is 11.5 Å². The van der Waals surface area contributed by atoms with Crippen LogP contribution in [0.25, 0.3) is 0 Å². The van der Waals surface area contributed by atoms with Crippen molar-refractivity contribution in [2.75, 3.05) is 26.0 Å². The number of benzene rings is 1. The van der Waals surface area contributed by atoms with Crippen LogP contribution in [0.5, 0.6) is 0 Å². The quantitative estimate of drug-likeness (QED) is 0.631. The Labute approximate surface area is 196 Å². The molecule has 1 aliphatic heterocycles. The third-order valence-electron chi connectivity index (χ3n) is 5.89. The average molecular weight is 456 g/mol. The lowest BCUT2D eigenvalue weighted by Gasteiger charge is -2.29. The van der Waals surface area contributed by atoms with Crippen molar-refractivity contribution in [2.24, 2.45) is 0 Å². The lowest BCUT2D eigenvalue weighted by atomic mass is 9.93. The van der Waals surface area contributed by atoms with E-state index in [-0.39, 0.29) is 5.91 Å². The van der Waals surface area contributed by atoms with Crippen molar-refractivity contribution in [1.82, 2.24) is 19.4 Å². The Morgan fingerprint density at radius 2 is 2.00 bits per heavy atom. The van der Waals surface area contributed by atoms with Gasteiger partial charge in [0.25, 0.3) is 5.91 Å². The number of nitrogens with one attached hydrogen (secondary N) is 1. The van der Waals surface area contributed by atoms with E-state index in [0.717, 1.165) is 25.5 Å². The van der Waals surface area contributed by atoms with E-state index in [2.05, 4.69) is 59.5 Å². The fraction of sp³-hybridized carbons (Fsp3) is 0.440. The van der Waals surface area contributed by atoms with Gasteiger partial charge in [-0.15, -0.1) is 0 Å². The number of rotatable bonds is 5. The first-order chi connectivity index (χ1) is 15.4. The molecule has 0 radical (unpaired) electrons. The molecule has 1 fully saturated rings. The van der Waals surface area contributed by atoms with Crippen molar-refractivity contribution in [2.45, 2.75) is 52.2 Å². The molecule has 1 aromatic heterocycles. The van der Waals surface area contributed by atoms with Gasteiger partial charge in [-0.3, -0.25) is 4.79 Å². The molecule has 1 amide bonds. The smallest absolute Gasteiger partial charge is 0.273 e. The molecule has 0 spiro atoms. The van der Waals surface area contributed by atoms with Gasteiger partial charge in [-0.1, -0.05) is 41.5 Å². The summed E-state index contributed by atoms with van der Waals surface area (Å²) in [6.07, 6.45) is 11.9. The largest absolute Gasteiger partial charge is 0.368 e. The molecule has 32 heavy (non-hydrogen) atoms. The lowest BCUT2D eigenvalue weighted by Crippen LogP contribution is -2.32. The van der Waals surface area contributed by atoms with Gasteiger partial charge in [0.2, 0.25) is 0 Å². The molecule has 1 saturated carbocycles. The van der Waals surface area contributed by atoms with Crippen LogP contribution in [0.4, 0.5) is 5.69 Å². The summed E-state index contributed by atoms with van der Waals surface area (Å²) < 4.78 is 2.00. The molecular formula is C25H34ClN5O. The van der Waals surface area contributed by atoms with Gasteiger partial charge in [0, 0.05) is 19.1 Å². The summed E-state index contributed by atoms with van der Waals surface area (Å²) in [7, 11) is 4.15. The Kier molecular flexibility index (Phi) is 8.53. The van der Waals surface area contributed by atoms with E-state index >= 15 is 0 Å². The third kappa shape index (κ3) is 6.24. The number of halogens is 1. The van der Waals surface area contributed by atoms with E-state index in [1.165, 1.54) is 24.8 Å². The number of para-hydroxylation sites is 1.